The quantitative estimate of drug-likeness (QED) is 0.531. The summed E-state index contributed by atoms with van der Waals surface area (Å²) in [7, 11) is -3.80. The third-order valence-corrected chi connectivity index (χ3v) is 8.66. The van der Waals surface area contributed by atoms with E-state index in [1.54, 1.807) is 0 Å². The van der Waals surface area contributed by atoms with Crippen LogP contribution in [0.3, 0.4) is 0 Å². The Morgan fingerprint density at radius 1 is 1.03 bits per heavy atom. The van der Waals surface area contributed by atoms with Gasteiger partial charge in [0.05, 0.1) is 12.7 Å². The molecule has 1 aliphatic heterocycles. The zero-order valence-electron chi connectivity index (χ0n) is 19.2. The number of hydrogen-bond donors (Lipinski definition) is 0. The van der Waals surface area contributed by atoms with Gasteiger partial charge >= 0.3 is 8.80 Å². The molecule has 32 heavy (non-hydrogen) atoms. The SMILES string of the molecule is CC(=O)O[Si](CCCc1ccc2c(c1)COC(C)(C1CCCC1)O2)(OC(C)=O)OC(C)=O. The molecule has 1 fully saturated rings. The second-order valence-corrected chi connectivity index (χ2v) is 11.1. The van der Waals surface area contributed by atoms with Gasteiger partial charge in [0.1, 0.15) is 5.75 Å². The number of aryl methyl sites for hydroxylation is 1. The van der Waals surface area contributed by atoms with E-state index >= 15 is 0 Å². The first-order valence-corrected chi connectivity index (χ1v) is 13.1. The van der Waals surface area contributed by atoms with Crippen molar-refractivity contribution in [3.63, 3.8) is 0 Å². The molecule has 2 aliphatic rings. The average molecular weight is 465 g/mol. The molecule has 0 N–H and O–H groups in total. The molecular weight excluding hydrogens is 432 g/mol. The first-order chi connectivity index (χ1) is 15.1. The highest BCUT2D eigenvalue weighted by Gasteiger charge is 2.51. The second kappa shape index (κ2) is 10.0. The molecule has 0 radical (unpaired) electrons. The highest BCUT2D eigenvalue weighted by molar-refractivity contribution is 6.65. The molecule has 1 saturated carbocycles. The van der Waals surface area contributed by atoms with E-state index < -0.39 is 32.5 Å². The fourth-order valence-corrected chi connectivity index (χ4v) is 6.86. The van der Waals surface area contributed by atoms with Crippen molar-refractivity contribution in [3.8, 4) is 5.75 Å². The Morgan fingerprint density at radius 3 is 2.19 bits per heavy atom. The van der Waals surface area contributed by atoms with E-state index in [1.807, 2.05) is 25.1 Å². The summed E-state index contributed by atoms with van der Waals surface area (Å²) in [6.07, 6.45) is 5.81. The van der Waals surface area contributed by atoms with Crippen LogP contribution < -0.4 is 4.74 Å². The van der Waals surface area contributed by atoms with E-state index in [1.165, 1.54) is 33.6 Å². The molecule has 176 valence electrons. The van der Waals surface area contributed by atoms with Crippen molar-refractivity contribution in [2.75, 3.05) is 0 Å². The number of benzene rings is 1. The molecule has 0 amide bonds. The van der Waals surface area contributed by atoms with Crippen LogP contribution in [0, 0.1) is 5.92 Å². The molecule has 0 spiro atoms. The lowest BCUT2D eigenvalue weighted by Gasteiger charge is -2.40. The number of ether oxygens (including phenoxy) is 2. The van der Waals surface area contributed by atoms with Gasteiger partial charge in [0, 0.05) is 39.2 Å². The predicted octanol–water partition coefficient (Wildman–Crippen LogP) is 4.06. The van der Waals surface area contributed by atoms with Crippen LogP contribution in [0.25, 0.3) is 0 Å². The zero-order valence-corrected chi connectivity index (χ0v) is 20.2. The summed E-state index contributed by atoms with van der Waals surface area (Å²) in [6, 6.07) is 6.15. The zero-order chi connectivity index (χ0) is 23.4. The van der Waals surface area contributed by atoms with Crippen molar-refractivity contribution < 1.29 is 37.1 Å². The molecular formula is C23H32O8Si. The molecule has 1 heterocycles. The Hall–Kier alpha value is -2.39. The molecule has 1 aromatic carbocycles. The minimum atomic E-state index is -3.80. The van der Waals surface area contributed by atoms with Crippen LogP contribution in [-0.4, -0.2) is 32.5 Å². The third-order valence-electron chi connectivity index (χ3n) is 5.89. The number of carbonyl (C=O) groups excluding carboxylic acids is 3. The topological polar surface area (TPSA) is 97.4 Å². The van der Waals surface area contributed by atoms with E-state index in [-0.39, 0.29) is 6.04 Å². The number of rotatable bonds is 8. The molecule has 1 aliphatic carbocycles. The number of fused-ring (bicyclic) bond motifs is 1. The molecule has 1 atom stereocenters. The Bertz CT molecular complexity index is 823. The second-order valence-electron chi connectivity index (χ2n) is 8.65. The van der Waals surface area contributed by atoms with Gasteiger partial charge in [-0.25, -0.2) is 0 Å². The van der Waals surface area contributed by atoms with Gasteiger partial charge in [-0.1, -0.05) is 18.9 Å². The molecule has 0 saturated heterocycles. The van der Waals surface area contributed by atoms with E-state index in [2.05, 4.69) is 0 Å². The van der Waals surface area contributed by atoms with Crippen molar-refractivity contribution in [1.82, 2.24) is 0 Å². The van der Waals surface area contributed by atoms with Crippen LogP contribution in [-0.2, 0) is 45.4 Å². The van der Waals surface area contributed by atoms with Gasteiger partial charge in [-0.05, 0) is 43.4 Å². The van der Waals surface area contributed by atoms with E-state index in [0.717, 1.165) is 29.7 Å². The standard InChI is InChI=1S/C23H32O8Si/c1-16(24)29-32(30-17(2)25,31-18(3)26)13-7-8-19-11-12-22-20(14-19)15-27-23(4,28-22)21-9-5-6-10-21/h11-12,14,21H,5-10,13,15H2,1-4H3. The maximum absolute atomic E-state index is 11.6. The highest BCUT2D eigenvalue weighted by Crippen LogP contribution is 2.42. The smallest absolute Gasteiger partial charge is 0.462 e. The minimum Gasteiger partial charge on any atom is -0.462 e. The van der Waals surface area contributed by atoms with Gasteiger partial charge < -0.3 is 22.8 Å². The van der Waals surface area contributed by atoms with Crippen LogP contribution >= 0.6 is 0 Å². The van der Waals surface area contributed by atoms with Gasteiger partial charge in [0.2, 0.25) is 5.79 Å². The summed E-state index contributed by atoms with van der Waals surface area (Å²) < 4.78 is 28.1. The molecule has 1 aromatic rings. The summed E-state index contributed by atoms with van der Waals surface area (Å²) in [4.78, 5) is 34.7. The fourth-order valence-electron chi connectivity index (χ4n) is 4.50. The minimum absolute atomic E-state index is 0.148. The van der Waals surface area contributed by atoms with E-state index in [9.17, 15) is 14.4 Å². The van der Waals surface area contributed by atoms with Crippen LogP contribution in [0.4, 0.5) is 0 Å². The maximum atomic E-state index is 11.6. The summed E-state index contributed by atoms with van der Waals surface area (Å²) in [5.41, 5.74) is 2.03. The van der Waals surface area contributed by atoms with E-state index in [0.29, 0.717) is 25.4 Å². The normalized spacial score (nSPS) is 20.8. The van der Waals surface area contributed by atoms with Crippen molar-refractivity contribution >= 4 is 26.7 Å². The summed E-state index contributed by atoms with van der Waals surface area (Å²) in [5.74, 6) is -1.29. The molecule has 1 unspecified atom stereocenters. The van der Waals surface area contributed by atoms with Gasteiger partial charge in [-0.3, -0.25) is 14.4 Å². The molecule has 3 rings (SSSR count). The lowest BCUT2D eigenvalue weighted by Crippen LogP contribution is -2.49. The van der Waals surface area contributed by atoms with Gasteiger partial charge in [-0.15, -0.1) is 0 Å². The summed E-state index contributed by atoms with van der Waals surface area (Å²) in [5, 5.41) is 0. The maximum Gasteiger partial charge on any atom is 0.705 e. The Morgan fingerprint density at radius 2 is 1.62 bits per heavy atom. The summed E-state index contributed by atoms with van der Waals surface area (Å²) in [6.45, 7) is 6.10. The van der Waals surface area contributed by atoms with Gasteiger partial charge in [-0.2, -0.15) is 0 Å². The number of carbonyl (C=O) groups is 3. The first-order valence-electron chi connectivity index (χ1n) is 11.1. The van der Waals surface area contributed by atoms with Crippen LogP contribution in [0.5, 0.6) is 5.75 Å². The molecule has 9 heteroatoms. The number of hydrogen-bond acceptors (Lipinski definition) is 8. The lowest BCUT2D eigenvalue weighted by molar-refractivity contribution is -0.224. The Balaban J connectivity index is 1.65. The van der Waals surface area contributed by atoms with Crippen LogP contribution in [0.1, 0.15) is 70.9 Å². The molecule has 0 aromatic heterocycles. The predicted molar refractivity (Wildman–Crippen MR) is 116 cm³/mol. The van der Waals surface area contributed by atoms with Crippen molar-refractivity contribution in [3.05, 3.63) is 29.3 Å². The largest absolute Gasteiger partial charge is 0.705 e. The van der Waals surface area contributed by atoms with Gasteiger partial charge in [0.25, 0.3) is 17.9 Å². The average Bonchev–Trinajstić information content (AvgIpc) is 3.22. The highest BCUT2D eigenvalue weighted by atomic mass is 28.4. The van der Waals surface area contributed by atoms with Gasteiger partial charge in [0.15, 0.2) is 0 Å². The van der Waals surface area contributed by atoms with Crippen LogP contribution in [0.15, 0.2) is 18.2 Å². The summed E-state index contributed by atoms with van der Waals surface area (Å²) >= 11 is 0. The Labute approximate surface area is 189 Å². The lowest BCUT2D eigenvalue weighted by atomic mass is 9.96. The third kappa shape index (κ3) is 6.10. The van der Waals surface area contributed by atoms with Crippen molar-refractivity contribution in [2.45, 2.75) is 84.7 Å². The van der Waals surface area contributed by atoms with Crippen LogP contribution in [0.2, 0.25) is 6.04 Å². The molecule has 8 nitrogen and oxygen atoms in total. The molecule has 0 bridgehead atoms. The van der Waals surface area contributed by atoms with E-state index in [4.69, 9.17) is 22.8 Å². The monoisotopic (exact) mass is 464 g/mol. The Kier molecular flexibility index (Phi) is 7.61. The first kappa shape index (κ1) is 24.3. The fraction of sp³-hybridized carbons (Fsp3) is 0.609. The van der Waals surface area contributed by atoms with Crippen molar-refractivity contribution in [1.29, 1.82) is 0 Å². The van der Waals surface area contributed by atoms with Crippen molar-refractivity contribution in [2.24, 2.45) is 5.92 Å².